The normalized spacial score (nSPS) is 15.5. The molecule has 0 heterocycles. The van der Waals surface area contributed by atoms with Gasteiger partial charge in [0.2, 0.25) is 0 Å². The van der Waals surface area contributed by atoms with Crippen molar-refractivity contribution in [3.05, 3.63) is 29.6 Å². The summed E-state index contributed by atoms with van der Waals surface area (Å²) in [6.45, 7) is 5.09. The van der Waals surface area contributed by atoms with E-state index in [9.17, 15) is 4.39 Å². The smallest absolute Gasteiger partial charge is 0.137 e. The Bertz CT molecular complexity index is 374. The third-order valence-electron chi connectivity index (χ3n) is 2.74. The van der Waals surface area contributed by atoms with Crippen molar-refractivity contribution in [1.82, 2.24) is 5.32 Å². The molecule has 17 heavy (non-hydrogen) atoms. The topological polar surface area (TPSA) is 12.0 Å². The number of benzene rings is 1. The average Bonchev–Trinajstić information content (AvgIpc) is 3.08. The van der Waals surface area contributed by atoms with E-state index in [1.165, 1.54) is 12.8 Å². The van der Waals surface area contributed by atoms with Crippen molar-refractivity contribution in [3.63, 3.8) is 0 Å². The molecule has 94 valence electrons. The lowest BCUT2D eigenvalue weighted by atomic mass is 10.2. The number of hydrogen-bond donors (Lipinski definition) is 1. The zero-order valence-corrected chi connectivity index (χ0v) is 11.3. The Morgan fingerprint density at radius 2 is 2.18 bits per heavy atom. The molecule has 1 nitrogen and oxygen atoms in total. The molecule has 0 aliphatic heterocycles. The fraction of sp³-hybridized carbons (Fsp3) is 0.571. The second-order valence-corrected chi connectivity index (χ2v) is 6.19. The van der Waals surface area contributed by atoms with E-state index < -0.39 is 0 Å². The van der Waals surface area contributed by atoms with E-state index in [1.54, 1.807) is 17.8 Å². The van der Waals surface area contributed by atoms with Gasteiger partial charge in [0.1, 0.15) is 5.82 Å². The molecular formula is C14H20FNS. The number of hydrogen-bond acceptors (Lipinski definition) is 2. The van der Waals surface area contributed by atoms with Crippen LogP contribution in [0.2, 0.25) is 0 Å². The van der Waals surface area contributed by atoms with E-state index in [2.05, 4.69) is 19.2 Å². The summed E-state index contributed by atoms with van der Waals surface area (Å²) in [7, 11) is 0. The van der Waals surface area contributed by atoms with E-state index in [-0.39, 0.29) is 5.82 Å². The minimum absolute atomic E-state index is 0.0780. The molecule has 0 saturated heterocycles. The van der Waals surface area contributed by atoms with Gasteiger partial charge >= 0.3 is 0 Å². The maximum atomic E-state index is 13.8. The van der Waals surface area contributed by atoms with Gasteiger partial charge in [-0.2, -0.15) is 0 Å². The lowest BCUT2D eigenvalue weighted by molar-refractivity contribution is 0.594. The van der Waals surface area contributed by atoms with E-state index in [1.807, 2.05) is 12.1 Å². The largest absolute Gasteiger partial charge is 0.310 e. The van der Waals surface area contributed by atoms with Gasteiger partial charge in [0.25, 0.3) is 0 Å². The Hall–Kier alpha value is -0.540. The summed E-state index contributed by atoms with van der Waals surface area (Å²) >= 11 is 1.61. The summed E-state index contributed by atoms with van der Waals surface area (Å²) in [4.78, 5) is 0.772. The number of rotatable bonds is 6. The highest BCUT2D eigenvalue weighted by atomic mass is 32.2. The van der Waals surface area contributed by atoms with Gasteiger partial charge < -0.3 is 5.32 Å². The summed E-state index contributed by atoms with van der Waals surface area (Å²) in [5.41, 5.74) is 1.04. The second-order valence-electron chi connectivity index (χ2n) is 5.12. The Labute approximate surface area is 107 Å². The highest BCUT2D eigenvalue weighted by Crippen LogP contribution is 2.25. The zero-order chi connectivity index (χ0) is 12.3. The molecule has 0 atom stereocenters. The van der Waals surface area contributed by atoms with Crippen LogP contribution in [0.15, 0.2) is 23.1 Å². The molecule has 0 bridgehead atoms. The Morgan fingerprint density at radius 1 is 1.41 bits per heavy atom. The summed E-state index contributed by atoms with van der Waals surface area (Å²) in [5.74, 6) is 1.48. The van der Waals surface area contributed by atoms with E-state index in [0.717, 1.165) is 22.8 Å². The molecule has 3 heteroatoms. The van der Waals surface area contributed by atoms with Gasteiger partial charge in [-0.05, 0) is 36.5 Å². The fourth-order valence-electron chi connectivity index (χ4n) is 1.58. The van der Waals surface area contributed by atoms with E-state index >= 15 is 0 Å². The maximum Gasteiger partial charge on any atom is 0.137 e. The van der Waals surface area contributed by atoms with Crippen LogP contribution in [0.4, 0.5) is 4.39 Å². The molecule has 1 fully saturated rings. The lowest BCUT2D eigenvalue weighted by Gasteiger charge is -2.08. The summed E-state index contributed by atoms with van der Waals surface area (Å²) in [5, 5.41) is 3.40. The Balaban J connectivity index is 1.90. The molecule has 0 amide bonds. The predicted octanol–water partition coefficient (Wildman–Crippen LogP) is 3.83. The van der Waals surface area contributed by atoms with Crippen molar-refractivity contribution in [2.75, 3.05) is 5.75 Å². The summed E-state index contributed by atoms with van der Waals surface area (Å²) in [6, 6.07) is 6.28. The van der Waals surface area contributed by atoms with Crippen LogP contribution in [0.5, 0.6) is 0 Å². The molecule has 0 unspecified atom stereocenters. The Morgan fingerprint density at radius 3 is 2.76 bits per heavy atom. The van der Waals surface area contributed by atoms with Crippen LogP contribution < -0.4 is 5.32 Å². The fourth-order valence-corrected chi connectivity index (χ4v) is 2.45. The number of nitrogens with one attached hydrogen (secondary N) is 1. The molecular weight excluding hydrogens is 233 g/mol. The predicted molar refractivity (Wildman–Crippen MR) is 71.8 cm³/mol. The van der Waals surface area contributed by atoms with Crippen molar-refractivity contribution in [2.45, 2.75) is 44.2 Å². The summed E-state index contributed by atoms with van der Waals surface area (Å²) in [6.07, 6.45) is 2.54. The first-order valence-electron chi connectivity index (χ1n) is 6.30. The third-order valence-corrected chi connectivity index (χ3v) is 4.22. The molecule has 1 aliphatic rings. The van der Waals surface area contributed by atoms with Crippen LogP contribution in [0, 0.1) is 11.7 Å². The van der Waals surface area contributed by atoms with E-state index in [0.29, 0.717) is 12.0 Å². The van der Waals surface area contributed by atoms with Gasteiger partial charge in [-0.1, -0.05) is 19.9 Å². The summed E-state index contributed by atoms with van der Waals surface area (Å²) < 4.78 is 13.8. The van der Waals surface area contributed by atoms with Gasteiger partial charge in [0, 0.05) is 23.2 Å². The minimum atomic E-state index is -0.0780. The van der Waals surface area contributed by atoms with Crippen LogP contribution in [-0.2, 0) is 6.54 Å². The van der Waals surface area contributed by atoms with Crippen LogP contribution in [0.1, 0.15) is 32.3 Å². The molecule has 1 N–H and O–H groups in total. The second kappa shape index (κ2) is 5.87. The van der Waals surface area contributed by atoms with Crippen molar-refractivity contribution < 1.29 is 4.39 Å². The standard InChI is InChI=1S/C14H20FNS/c1-10(2)9-17-14-6-3-11(7-13(14)15)8-16-12-4-5-12/h3,6-7,10,12,16H,4-5,8-9H2,1-2H3. The molecule has 2 rings (SSSR count). The van der Waals surface area contributed by atoms with Gasteiger partial charge in [-0.3, -0.25) is 0 Å². The SMILES string of the molecule is CC(C)CSc1ccc(CNC2CC2)cc1F. The van der Waals surface area contributed by atoms with Gasteiger partial charge in [0.15, 0.2) is 0 Å². The zero-order valence-electron chi connectivity index (χ0n) is 10.5. The number of halogens is 1. The molecule has 1 aliphatic carbocycles. The maximum absolute atomic E-state index is 13.8. The molecule has 0 aromatic heterocycles. The number of thioether (sulfide) groups is 1. The monoisotopic (exact) mass is 253 g/mol. The van der Waals surface area contributed by atoms with Gasteiger partial charge in [-0.15, -0.1) is 11.8 Å². The first kappa shape index (κ1) is 12.9. The minimum Gasteiger partial charge on any atom is -0.310 e. The van der Waals surface area contributed by atoms with Crippen LogP contribution >= 0.6 is 11.8 Å². The quantitative estimate of drug-likeness (QED) is 0.773. The van der Waals surface area contributed by atoms with Crippen molar-refractivity contribution in [2.24, 2.45) is 5.92 Å². The van der Waals surface area contributed by atoms with E-state index in [4.69, 9.17) is 0 Å². The van der Waals surface area contributed by atoms with Crippen LogP contribution in [0.25, 0.3) is 0 Å². The first-order valence-corrected chi connectivity index (χ1v) is 7.28. The van der Waals surface area contributed by atoms with Gasteiger partial charge in [-0.25, -0.2) is 4.39 Å². The highest BCUT2D eigenvalue weighted by Gasteiger charge is 2.20. The van der Waals surface area contributed by atoms with Crippen molar-refractivity contribution >= 4 is 11.8 Å². The lowest BCUT2D eigenvalue weighted by Crippen LogP contribution is -2.15. The molecule has 0 radical (unpaired) electrons. The molecule has 0 spiro atoms. The van der Waals surface area contributed by atoms with Crippen LogP contribution in [0.3, 0.4) is 0 Å². The highest BCUT2D eigenvalue weighted by molar-refractivity contribution is 7.99. The van der Waals surface area contributed by atoms with Crippen LogP contribution in [-0.4, -0.2) is 11.8 Å². The molecule has 1 aromatic rings. The molecule has 1 aromatic carbocycles. The van der Waals surface area contributed by atoms with Crippen molar-refractivity contribution in [1.29, 1.82) is 0 Å². The first-order chi connectivity index (χ1) is 8.15. The third kappa shape index (κ3) is 4.32. The molecule has 1 saturated carbocycles. The van der Waals surface area contributed by atoms with Crippen molar-refractivity contribution in [3.8, 4) is 0 Å². The average molecular weight is 253 g/mol. The Kier molecular flexibility index (Phi) is 4.46. The van der Waals surface area contributed by atoms with Gasteiger partial charge in [0.05, 0.1) is 0 Å².